The molecule has 2 rings (SSSR count). The largest absolute Gasteiger partial charge is 0.449 e. The molecule has 1 aromatic carbocycles. The van der Waals surface area contributed by atoms with Gasteiger partial charge in [0, 0.05) is 18.8 Å². The van der Waals surface area contributed by atoms with Crippen LogP contribution in [0, 0.1) is 5.82 Å². The van der Waals surface area contributed by atoms with Gasteiger partial charge >= 0.3 is 5.97 Å². The van der Waals surface area contributed by atoms with E-state index in [0.29, 0.717) is 13.1 Å². The van der Waals surface area contributed by atoms with Gasteiger partial charge in [-0.1, -0.05) is 0 Å². The van der Waals surface area contributed by atoms with Crippen LogP contribution in [0.2, 0.25) is 0 Å². The molecule has 0 aliphatic carbocycles. The molecule has 1 unspecified atom stereocenters. The molecule has 1 heterocycles. The lowest BCUT2D eigenvalue weighted by Crippen LogP contribution is -2.38. The molecule has 108 valence electrons. The number of halogens is 1. The Morgan fingerprint density at radius 3 is 2.65 bits per heavy atom. The van der Waals surface area contributed by atoms with Crippen LogP contribution < -0.4 is 5.73 Å². The van der Waals surface area contributed by atoms with E-state index in [1.54, 1.807) is 4.90 Å². The van der Waals surface area contributed by atoms with Crippen LogP contribution in [0.5, 0.6) is 0 Å². The molecule has 1 amide bonds. The van der Waals surface area contributed by atoms with Crippen molar-refractivity contribution in [3.05, 3.63) is 29.6 Å². The van der Waals surface area contributed by atoms with Gasteiger partial charge in [-0.2, -0.15) is 0 Å². The Hall–Kier alpha value is -2.11. The number of esters is 1. The first kappa shape index (κ1) is 14.3. The van der Waals surface area contributed by atoms with Gasteiger partial charge in [0.05, 0.1) is 5.56 Å². The molecular formula is C14H17FN2O3. The third kappa shape index (κ3) is 3.07. The molecule has 1 saturated heterocycles. The Kier molecular flexibility index (Phi) is 4.22. The SMILES string of the molecule is CC(OC(=O)c1cc(N)ccc1F)C(=O)N1CCCC1. The van der Waals surface area contributed by atoms with E-state index in [4.69, 9.17) is 10.5 Å². The summed E-state index contributed by atoms with van der Waals surface area (Å²) in [6.45, 7) is 2.84. The number of rotatable bonds is 3. The Morgan fingerprint density at radius 2 is 2.00 bits per heavy atom. The maximum absolute atomic E-state index is 13.5. The van der Waals surface area contributed by atoms with Crippen LogP contribution in [-0.2, 0) is 9.53 Å². The van der Waals surface area contributed by atoms with Gasteiger partial charge in [0.1, 0.15) is 5.82 Å². The number of nitrogens with zero attached hydrogens (tertiary/aromatic N) is 1. The molecule has 0 aromatic heterocycles. The molecule has 6 heteroatoms. The van der Waals surface area contributed by atoms with Crippen molar-refractivity contribution in [1.29, 1.82) is 0 Å². The normalized spacial score (nSPS) is 16.0. The fourth-order valence-corrected chi connectivity index (χ4v) is 2.17. The van der Waals surface area contributed by atoms with Gasteiger partial charge in [-0.25, -0.2) is 9.18 Å². The molecule has 1 aliphatic heterocycles. The summed E-state index contributed by atoms with van der Waals surface area (Å²) in [6.07, 6.45) is 0.980. The first-order valence-corrected chi connectivity index (χ1v) is 6.54. The minimum absolute atomic E-state index is 0.250. The molecular weight excluding hydrogens is 263 g/mol. The lowest BCUT2D eigenvalue weighted by molar-refractivity contribution is -0.138. The van der Waals surface area contributed by atoms with Crippen molar-refractivity contribution >= 4 is 17.6 Å². The van der Waals surface area contributed by atoms with E-state index in [-0.39, 0.29) is 17.2 Å². The van der Waals surface area contributed by atoms with E-state index in [9.17, 15) is 14.0 Å². The van der Waals surface area contributed by atoms with Crippen molar-refractivity contribution in [2.45, 2.75) is 25.9 Å². The minimum Gasteiger partial charge on any atom is -0.449 e. The second-order valence-corrected chi connectivity index (χ2v) is 4.82. The van der Waals surface area contributed by atoms with Crippen LogP contribution >= 0.6 is 0 Å². The van der Waals surface area contributed by atoms with E-state index in [0.717, 1.165) is 18.9 Å². The van der Waals surface area contributed by atoms with Crippen LogP contribution in [0.1, 0.15) is 30.1 Å². The van der Waals surface area contributed by atoms with E-state index in [1.807, 2.05) is 0 Å². The zero-order valence-corrected chi connectivity index (χ0v) is 11.3. The number of benzene rings is 1. The highest BCUT2D eigenvalue weighted by molar-refractivity contribution is 5.93. The van der Waals surface area contributed by atoms with Crippen molar-refractivity contribution in [1.82, 2.24) is 4.90 Å². The van der Waals surface area contributed by atoms with Crippen molar-refractivity contribution in [2.24, 2.45) is 0 Å². The van der Waals surface area contributed by atoms with E-state index in [1.165, 1.54) is 19.1 Å². The lowest BCUT2D eigenvalue weighted by atomic mass is 10.2. The highest BCUT2D eigenvalue weighted by Crippen LogP contribution is 2.16. The number of anilines is 1. The molecule has 0 radical (unpaired) electrons. The molecule has 0 bridgehead atoms. The monoisotopic (exact) mass is 280 g/mol. The second kappa shape index (κ2) is 5.90. The van der Waals surface area contributed by atoms with E-state index < -0.39 is 17.9 Å². The van der Waals surface area contributed by atoms with Crippen LogP contribution in [-0.4, -0.2) is 36.0 Å². The fraction of sp³-hybridized carbons (Fsp3) is 0.429. The van der Waals surface area contributed by atoms with Gasteiger partial charge in [0.25, 0.3) is 5.91 Å². The van der Waals surface area contributed by atoms with Crippen molar-refractivity contribution in [3.63, 3.8) is 0 Å². The van der Waals surface area contributed by atoms with Gasteiger partial charge in [-0.15, -0.1) is 0 Å². The average Bonchev–Trinajstić information content (AvgIpc) is 2.94. The standard InChI is InChI=1S/C14H17FN2O3/c1-9(13(18)17-6-2-3-7-17)20-14(19)11-8-10(16)4-5-12(11)15/h4-5,8-9H,2-3,6-7,16H2,1H3. The van der Waals surface area contributed by atoms with Gasteiger partial charge in [-0.05, 0) is 38.0 Å². The number of hydrogen-bond acceptors (Lipinski definition) is 4. The Balaban J connectivity index is 2.03. The maximum atomic E-state index is 13.5. The Labute approximate surface area is 116 Å². The zero-order chi connectivity index (χ0) is 14.7. The molecule has 2 N–H and O–H groups in total. The lowest BCUT2D eigenvalue weighted by Gasteiger charge is -2.20. The van der Waals surface area contributed by atoms with Gasteiger partial charge in [-0.3, -0.25) is 4.79 Å². The number of likely N-dealkylation sites (tertiary alicyclic amines) is 1. The van der Waals surface area contributed by atoms with Crippen molar-refractivity contribution in [3.8, 4) is 0 Å². The van der Waals surface area contributed by atoms with Gasteiger partial charge in [0.2, 0.25) is 0 Å². The highest BCUT2D eigenvalue weighted by Gasteiger charge is 2.27. The van der Waals surface area contributed by atoms with Crippen LogP contribution in [0.4, 0.5) is 10.1 Å². The first-order valence-electron chi connectivity index (χ1n) is 6.54. The molecule has 1 atom stereocenters. The summed E-state index contributed by atoms with van der Waals surface area (Å²) in [7, 11) is 0. The van der Waals surface area contributed by atoms with Crippen LogP contribution in [0.15, 0.2) is 18.2 Å². The summed E-state index contributed by atoms with van der Waals surface area (Å²) in [5, 5.41) is 0. The molecule has 1 fully saturated rings. The summed E-state index contributed by atoms with van der Waals surface area (Å²) < 4.78 is 18.5. The second-order valence-electron chi connectivity index (χ2n) is 4.82. The van der Waals surface area contributed by atoms with Crippen molar-refractivity contribution < 1.29 is 18.7 Å². The van der Waals surface area contributed by atoms with E-state index in [2.05, 4.69) is 0 Å². The third-order valence-electron chi connectivity index (χ3n) is 3.26. The number of nitrogen functional groups attached to an aromatic ring is 1. The summed E-state index contributed by atoms with van der Waals surface area (Å²) in [5.41, 5.74) is 5.51. The summed E-state index contributed by atoms with van der Waals surface area (Å²) >= 11 is 0. The number of amides is 1. The van der Waals surface area contributed by atoms with Gasteiger partial charge < -0.3 is 15.4 Å². The smallest absolute Gasteiger partial charge is 0.341 e. The molecule has 0 saturated carbocycles. The summed E-state index contributed by atoms with van der Waals surface area (Å²) in [4.78, 5) is 25.5. The highest BCUT2D eigenvalue weighted by atomic mass is 19.1. The average molecular weight is 280 g/mol. The summed E-state index contributed by atoms with van der Waals surface area (Å²) in [6, 6.07) is 3.65. The van der Waals surface area contributed by atoms with Crippen molar-refractivity contribution in [2.75, 3.05) is 18.8 Å². The fourth-order valence-electron chi connectivity index (χ4n) is 2.17. The Morgan fingerprint density at radius 1 is 1.35 bits per heavy atom. The quantitative estimate of drug-likeness (QED) is 0.674. The number of ether oxygens (including phenoxy) is 1. The maximum Gasteiger partial charge on any atom is 0.341 e. The zero-order valence-electron chi connectivity index (χ0n) is 11.3. The Bertz CT molecular complexity index is 527. The first-order chi connectivity index (χ1) is 9.49. The molecule has 1 aromatic rings. The molecule has 20 heavy (non-hydrogen) atoms. The number of carbonyl (C=O) groups excluding carboxylic acids is 2. The number of carbonyl (C=O) groups is 2. The van der Waals surface area contributed by atoms with Gasteiger partial charge in [0.15, 0.2) is 6.10 Å². The van der Waals surface area contributed by atoms with E-state index >= 15 is 0 Å². The molecule has 1 aliphatic rings. The predicted molar refractivity (Wildman–Crippen MR) is 71.5 cm³/mol. The van der Waals surface area contributed by atoms with Crippen LogP contribution in [0.3, 0.4) is 0 Å². The number of hydrogen-bond donors (Lipinski definition) is 1. The minimum atomic E-state index is -0.929. The molecule has 0 spiro atoms. The topological polar surface area (TPSA) is 72.6 Å². The summed E-state index contributed by atoms with van der Waals surface area (Å²) in [5.74, 6) is -1.85. The third-order valence-corrected chi connectivity index (χ3v) is 3.26. The number of nitrogens with two attached hydrogens (primary N) is 1. The molecule has 5 nitrogen and oxygen atoms in total. The van der Waals surface area contributed by atoms with Crippen LogP contribution in [0.25, 0.3) is 0 Å². The predicted octanol–water partition coefficient (Wildman–Crippen LogP) is 1.58.